The van der Waals surface area contributed by atoms with Gasteiger partial charge in [-0.1, -0.05) is 29.8 Å². The van der Waals surface area contributed by atoms with Gasteiger partial charge in [0, 0.05) is 29.8 Å². The van der Waals surface area contributed by atoms with Crippen LogP contribution in [0.25, 0.3) is 10.9 Å². The van der Waals surface area contributed by atoms with Crippen LogP contribution >= 0.6 is 11.6 Å². The first-order valence-electron chi connectivity index (χ1n) is 7.66. The predicted octanol–water partition coefficient (Wildman–Crippen LogP) is 3.73. The average Bonchev–Trinajstić information content (AvgIpc) is 2.61. The van der Waals surface area contributed by atoms with Crippen molar-refractivity contribution >= 4 is 34.1 Å². The van der Waals surface area contributed by atoms with E-state index in [0.29, 0.717) is 10.6 Å². The molecule has 0 fully saturated rings. The zero-order valence-electron chi connectivity index (χ0n) is 13.6. The second kappa shape index (κ2) is 6.97. The summed E-state index contributed by atoms with van der Waals surface area (Å²) in [6.07, 6.45) is 1.43. The molecular weight excluding hydrogens is 358 g/mol. The minimum absolute atomic E-state index is 0.0825. The smallest absolute Gasteiger partial charge is 0.279 e. The summed E-state index contributed by atoms with van der Waals surface area (Å²) in [5, 5.41) is 25.5. The van der Waals surface area contributed by atoms with E-state index < -0.39 is 11.0 Å². The van der Waals surface area contributed by atoms with Gasteiger partial charge in [-0.25, -0.2) is 0 Å². The molecule has 1 aromatic heterocycles. The van der Waals surface area contributed by atoms with Crippen LogP contribution in [0, 0.1) is 10.1 Å². The van der Waals surface area contributed by atoms with Crippen molar-refractivity contribution in [2.45, 2.75) is 13.0 Å². The number of nitrogens with one attached hydrogen (secondary N) is 1. The van der Waals surface area contributed by atoms with Crippen molar-refractivity contribution in [3.8, 4) is 5.75 Å². The number of carbonyl (C=O) groups is 1. The number of phenolic OH excluding ortho intramolecular Hbond substituents is 1. The minimum Gasteiger partial charge on any atom is -0.505 e. The normalized spacial score (nSPS) is 11.9. The molecule has 0 saturated heterocycles. The maximum Gasteiger partial charge on any atom is 0.279 e. The van der Waals surface area contributed by atoms with E-state index in [1.54, 1.807) is 30.3 Å². The van der Waals surface area contributed by atoms with Crippen LogP contribution in [0.3, 0.4) is 0 Å². The molecule has 1 atom stereocenters. The largest absolute Gasteiger partial charge is 0.505 e. The second-order valence-electron chi connectivity index (χ2n) is 5.65. The van der Waals surface area contributed by atoms with Gasteiger partial charge in [-0.2, -0.15) is 0 Å². The van der Waals surface area contributed by atoms with Gasteiger partial charge < -0.3 is 10.4 Å². The van der Waals surface area contributed by atoms with E-state index >= 15 is 0 Å². The molecule has 1 heterocycles. The van der Waals surface area contributed by atoms with E-state index in [1.165, 1.54) is 25.3 Å². The van der Waals surface area contributed by atoms with Gasteiger partial charge >= 0.3 is 0 Å². The third-order valence-electron chi connectivity index (χ3n) is 3.95. The number of carbonyl (C=O) groups excluding carboxylic acids is 1. The van der Waals surface area contributed by atoms with Crippen LogP contribution < -0.4 is 5.32 Å². The highest BCUT2D eigenvalue weighted by Crippen LogP contribution is 2.40. The number of benzene rings is 2. The summed E-state index contributed by atoms with van der Waals surface area (Å²) >= 11 is 6.24. The molecule has 2 N–H and O–H groups in total. The number of nitro groups is 1. The Labute approximate surface area is 153 Å². The monoisotopic (exact) mass is 371 g/mol. The fraction of sp³-hybridized carbons (Fsp3) is 0.111. The Hall–Kier alpha value is -3.19. The zero-order chi connectivity index (χ0) is 18.8. The van der Waals surface area contributed by atoms with E-state index in [2.05, 4.69) is 10.3 Å². The topological polar surface area (TPSA) is 105 Å². The van der Waals surface area contributed by atoms with E-state index in [9.17, 15) is 20.0 Å². The maximum absolute atomic E-state index is 11.7. The van der Waals surface area contributed by atoms with Crippen molar-refractivity contribution < 1.29 is 14.8 Å². The van der Waals surface area contributed by atoms with Crippen LogP contribution in [0.5, 0.6) is 5.75 Å². The lowest BCUT2D eigenvalue weighted by molar-refractivity contribution is -0.383. The molecule has 0 aliphatic carbocycles. The van der Waals surface area contributed by atoms with Crippen LogP contribution in [-0.4, -0.2) is 20.9 Å². The number of hydrogen-bond donors (Lipinski definition) is 2. The van der Waals surface area contributed by atoms with Gasteiger partial charge in [0.25, 0.3) is 5.69 Å². The fourth-order valence-electron chi connectivity index (χ4n) is 2.84. The highest BCUT2D eigenvalue weighted by molar-refractivity contribution is 6.31. The number of amides is 1. The number of pyridine rings is 1. The zero-order valence-corrected chi connectivity index (χ0v) is 14.4. The number of fused-ring (bicyclic) bond motifs is 1. The lowest BCUT2D eigenvalue weighted by Crippen LogP contribution is -2.27. The summed E-state index contributed by atoms with van der Waals surface area (Å²) in [5.74, 6) is -0.622. The van der Waals surface area contributed by atoms with E-state index in [-0.39, 0.29) is 33.8 Å². The Morgan fingerprint density at radius 2 is 2.00 bits per heavy atom. The van der Waals surface area contributed by atoms with Gasteiger partial charge in [0.2, 0.25) is 5.91 Å². The molecule has 0 radical (unpaired) electrons. The molecule has 7 nitrogen and oxygen atoms in total. The Balaban J connectivity index is 2.32. The number of nitrogens with zero attached hydrogens (tertiary/aromatic N) is 2. The molecule has 0 aliphatic rings. The van der Waals surface area contributed by atoms with Crippen LogP contribution in [0.15, 0.2) is 48.7 Å². The molecule has 2 aromatic carbocycles. The van der Waals surface area contributed by atoms with E-state index in [0.717, 1.165) is 0 Å². The van der Waals surface area contributed by atoms with Gasteiger partial charge in [-0.05, 0) is 23.8 Å². The quantitative estimate of drug-likeness (QED) is 0.537. The van der Waals surface area contributed by atoms with Crippen molar-refractivity contribution in [3.05, 3.63) is 74.9 Å². The summed E-state index contributed by atoms with van der Waals surface area (Å²) in [5.41, 5.74) is 0.512. The first-order valence-corrected chi connectivity index (χ1v) is 8.04. The molecule has 0 saturated carbocycles. The molecule has 3 rings (SSSR count). The van der Waals surface area contributed by atoms with Crippen molar-refractivity contribution in [1.29, 1.82) is 0 Å². The Kier molecular flexibility index (Phi) is 4.73. The number of nitro benzene ring substituents is 1. The fourth-order valence-corrected chi connectivity index (χ4v) is 3.08. The molecule has 0 unspecified atom stereocenters. The van der Waals surface area contributed by atoms with Crippen LogP contribution in [0.1, 0.15) is 24.1 Å². The third-order valence-corrected chi connectivity index (χ3v) is 4.29. The molecule has 1 amide bonds. The van der Waals surface area contributed by atoms with Crippen molar-refractivity contribution in [3.63, 3.8) is 0 Å². The molecule has 3 aromatic rings. The number of non-ortho nitro benzene ring substituents is 1. The lowest BCUT2D eigenvalue weighted by atomic mass is 9.95. The number of rotatable bonds is 4. The van der Waals surface area contributed by atoms with Gasteiger partial charge in [-0.3, -0.25) is 19.9 Å². The summed E-state index contributed by atoms with van der Waals surface area (Å²) in [6.45, 7) is 1.31. The highest BCUT2D eigenvalue weighted by Gasteiger charge is 2.27. The van der Waals surface area contributed by atoms with Crippen LogP contribution in [0.2, 0.25) is 5.02 Å². The standard InChI is InChI=1S/C18H14ClN3O4/c1-10(23)21-16(11-5-2-3-7-14(11)19)13-9-15(22(25)26)12-6-4-8-20-17(12)18(13)24/h2-9,16,24H,1H3,(H,21,23)/t16-/m0/s1. The summed E-state index contributed by atoms with van der Waals surface area (Å²) in [7, 11) is 0. The molecule has 26 heavy (non-hydrogen) atoms. The molecule has 0 bridgehead atoms. The molecular formula is C18H14ClN3O4. The number of halogens is 1. The predicted molar refractivity (Wildman–Crippen MR) is 97.2 cm³/mol. The number of aromatic nitrogens is 1. The Morgan fingerprint density at radius 1 is 1.27 bits per heavy atom. The summed E-state index contributed by atoms with van der Waals surface area (Å²) < 4.78 is 0. The van der Waals surface area contributed by atoms with E-state index in [4.69, 9.17) is 11.6 Å². The lowest BCUT2D eigenvalue weighted by Gasteiger charge is -2.21. The molecule has 0 aliphatic heterocycles. The Bertz CT molecular complexity index is 1020. The van der Waals surface area contributed by atoms with Gasteiger partial charge in [0.15, 0.2) is 0 Å². The van der Waals surface area contributed by atoms with Gasteiger partial charge in [0.05, 0.1) is 16.4 Å². The van der Waals surface area contributed by atoms with Crippen LogP contribution in [-0.2, 0) is 4.79 Å². The SMILES string of the molecule is CC(=O)N[C@@H](c1ccccc1Cl)c1cc([N+](=O)[O-])c2cccnc2c1O. The summed E-state index contributed by atoms with van der Waals surface area (Å²) in [6, 6.07) is 10.2. The second-order valence-corrected chi connectivity index (χ2v) is 6.05. The van der Waals surface area contributed by atoms with Crippen molar-refractivity contribution in [1.82, 2.24) is 10.3 Å². The number of hydrogen-bond acceptors (Lipinski definition) is 5. The maximum atomic E-state index is 11.7. The van der Waals surface area contributed by atoms with Gasteiger partial charge in [-0.15, -0.1) is 0 Å². The highest BCUT2D eigenvalue weighted by atomic mass is 35.5. The minimum atomic E-state index is -0.869. The third kappa shape index (κ3) is 3.16. The van der Waals surface area contributed by atoms with Crippen molar-refractivity contribution in [2.75, 3.05) is 0 Å². The van der Waals surface area contributed by atoms with Crippen LogP contribution in [0.4, 0.5) is 5.69 Å². The van der Waals surface area contributed by atoms with E-state index in [1.807, 2.05) is 0 Å². The summed E-state index contributed by atoms with van der Waals surface area (Å²) in [4.78, 5) is 26.7. The first kappa shape index (κ1) is 17.6. The first-order chi connectivity index (χ1) is 12.4. The molecule has 0 spiro atoms. The van der Waals surface area contributed by atoms with Gasteiger partial charge in [0.1, 0.15) is 11.3 Å². The number of phenols is 1. The van der Waals surface area contributed by atoms with Crippen molar-refractivity contribution in [2.24, 2.45) is 0 Å². The average molecular weight is 372 g/mol. The Morgan fingerprint density at radius 3 is 2.65 bits per heavy atom. The molecule has 8 heteroatoms. The molecule has 132 valence electrons. The number of aromatic hydroxyl groups is 1.